The number of pyridine rings is 1. The molecular weight excluding hydrogens is 869 g/mol. The van der Waals surface area contributed by atoms with Crippen molar-refractivity contribution in [2.24, 2.45) is 11.3 Å². The van der Waals surface area contributed by atoms with Gasteiger partial charge in [-0.25, -0.2) is 10.2 Å². The summed E-state index contributed by atoms with van der Waals surface area (Å²) in [5, 5.41) is 9.11. The van der Waals surface area contributed by atoms with Crippen molar-refractivity contribution in [1.82, 2.24) is 35.5 Å². The number of aromatic nitrogens is 2. The number of hydrogen-bond acceptors (Lipinski definition) is 10. The Morgan fingerprint density at radius 1 is 0.957 bits per heavy atom. The zero-order valence-electron chi connectivity index (χ0n) is 41.6. The molecule has 2 aromatic heterocycles. The summed E-state index contributed by atoms with van der Waals surface area (Å²) in [6, 6.07) is 23.7. The molecule has 5 heterocycles. The molecule has 0 saturated carbocycles. The summed E-state index contributed by atoms with van der Waals surface area (Å²) in [6.07, 6.45) is 3.20. The topological polar surface area (TPSA) is 150 Å². The van der Waals surface area contributed by atoms with E-state index in [1.54, 1.807) is 7.05 Å². The number of benzene rings is 3. The summed E-state index contributed by atoms with van der Waals surface area (Å²) in [4.78, 5) is 65.5. The molecule has 14 nitrogen and oxygen atoms in total. The number of amides is 3. The minimum absolute atomic E-state index is 0.0526. The van der Waals surface area contributed by atoms with Crippen molar-refractivity contribution in [2.75, 3.05) is 51.3 Å². The highest BCUT2D eigenvalue weighted by molar-refractivity contribution is 5.96. The number of ether oxygens (including phenoxy) is 2. The van der Waals surface area contributed by atoms with Crippen LogP contribution in [0, 0.1) is 11.3 Å². The van der Waals surface area contributed by atoms with E-state index in [1.807, 2.05) is 62.5 Å². The number of nitrogens with zero attached hydrogens (tertiary/aromatic N) is 5. The first kappa shape index (κ1) is 49.2. The second-order valence-electron chi connectivity index (χ2n) is 20.4. The summed E-state index contributed by atoms with van der Waals surface area (Å²) in [5.74, 6) is -1.46. The average Bonchev–Trinajstić information content (AvgIpc) is 3.65. The van der Waals surface area contributed by atoms with Crippen LogP contribution < -0.4 is 21.0 Å². The zero-order chi connectivity index (χ0) is 49.0. The van der Waals surface area contributed by atoms with Gasteiger partial charge in [0.25, 0.3) is 5.91 Å². The predicted molar refractivity (Wildman–Crippen MR) is 270 cm³/mol. The van der Waals surface area contributed by atoms with Gasteiger partial charge in [-0.05, 0) is 84.0 Å². The number of nitrogens with one attached hydrogen (secondary N) is 3. The molecular formula is C55H70N8O6. The van der Waals surface area contributed by atoms with E-state index in [9.17, 15) is 19.2 Å². The third-order valence-electron chi connectivity index (χ3n) is 13.8. The van der Waals surface area contributed by atoms with Crippen molar-refractivity contribution in [1.29, 1.82) is 0 Å². The fourth-order valence-corrected chi connectivity index (χ4v) is 10.3. The highest BCUT2D eigenvalue weighted by Gasteiger charge is 2.38. The maximum atomic E-state index is 14.7. The number of hydrogen-bond donors (Lipinski definition) is 3. The Labute approximate surface area is 407 Å². The van der Waals surface area contributed by atoms with E-state index in [1.165, 1.54) is 15.5 Å². The summed E-state index contributed by atoms with van der Waals surface area (Å²) in [5.41, 5.74) is 13.0. The molecule has 3 aliphatic rings. The van der Waals surface area contributed by atoms with Crippen molar-refractivity contribution >= 4 is 40.5 Å². The van der Waals surface area contributed by atoms with Crippen molar-refractivity contribution in [2.45, 2.75) is 111 Å². The number of anilines is 1. The van der Waals surface area contributed by atoms with Crippen molar-refractivity contribution in [3.8, 4) is 22.4 Å². The van der Waals surface area contributed by atoms with Crippen molar-refractivity contribution < 1.29 is 28.7 Å². The monoisotopic (exact) mass is 939 g/mol. The molecule has 0 unspecified atom stereocenters. The van der Waals surface area contributed by atoms with E-state index in [4.69, 9.17) is 14.5 Å². The van der Waals surface area contributed by atoms with E-state index >= 15 is 0 Å². The van der Waals surface area contributed by atoms with Gasteiger partial charge in [-0.2, -0.15) is 0 Å². The fourth-order valence-electron chi connectivity index (χ4n) is 10.3. The lowest BCUT2D eigenvalue weighted by molar-refractivity contribution is -0.155. The van der Waals surface area contributed by atoms with Crippen LogP contribution in [0.4, 0.5) is 10.5 Å². The molecule has 0 radical (unpaired) electrons. The molecule has 3 atom stereocenters. The van der Waals surface area contributed by atoms with Crippen LogP contribution in [-0.2, 0) is 49.9 Å². The van der Waals surface area contributed by atoms with Gasteiger partial charge in [-0.15, -0.1) is 0 Å². The van der Waals surface area contributed by atoms with E-state index in [0.717, 1.165) is 88.5 Å². The van der Waals surface area contributed by atoms with Gasteiger partial charge < -0.3 is 29.6 Å². The standard InChI is InChI=1S/C55H70N8O6/c1-9-62-47-21-20-40-29-42(47)44(50(62)43-30-41(32-57-48(43)35(2)3)61-25-22-56-23-26-61)31-55(6,7)34-69-53(66)45-19-14-24-63(59-45)52(65)46(28-38-17-13-18-39(40)27-38)58-51(64)49(36(4)5)60(8)54(67)68-33-37-15-11-10-12-16-37/h10-13,15-18,20-21,27,29-30,32,35-36,45-46,49,56,59H,9,14,19,22-26,28,31,33-34H2,1-8H3,(H,58,64)/t45-,46-,49-/m0/s1. The van der Waals surface area contributed by atoms with E-state index in [2.05, 4.69) is 96.5 Å². The third-order valence-corrected chi connectivity index (χ3v) is 13.8. The number of carbonyl (C=O) groups is 4. The number of piperazine rings is 1. The summed E-state index contributed by atoms with van der Waals surface area (Å²) in [6.45, 7) is 19.5. The quantitative estimate of drug-likeness (QED) is 0.118. The molecule has 3 N–H and O–H groups in total. The van der Waals surface area contributed by atoms with Gasteiger partial charge in [-0.1, -0.05) is 102 Å². The first-order valence-corrected chi connectivity index (χ1v) is 24.8. The van der Waals surface area contributed by atoms with Crippen LogP contribution in [0.25, 0.3) is 33.3 Å². The van der Waals surface area contributed by atoms with Gasteiger partial charge in [0, 0.05) is 74.6 Å². The molecule has 0 spiro atoms. The summed E-state index contributed by atoms with van der Waals surface area (Å²) in [7, 11) is 1.54. The lowest BCUT2D eigenvalue weighted by atomic mass is 9.83. The van der Waals surface area contributed by atoms with Gasteiger partial charge in [-0.3, -0.25) is 29.3 Å². The SMILES string of the molecule is CCn1c(-c2cc(N3CCNCC3)cnc2C(C)C)c2c3cc(ccc31)-c1cccc(c1)C[C@H](NC(=O)[C@H](C(C)C)N(C)C(=O)OCc1ccccc1)C(=O)N1CCC[C@H](N1)C(=O)OCC(C)(C)C2. The van der Waals surface area contributed by atoms with Crippen molar-refractivity contribution in [3.05, 3.63) is 107 Å². The Morgan fingerprint density at radius 2 is 1.71 bits per heavy atom. The fraction of sp³-hybridized carbons (Fsp3) is 0.473. The number of aryl methyl sites for hydroxylation is 1. The van der Waals surface area contributed by atoms with Crippen LogP contribution in [0.5, 0.6) is 0 Å². The Bertz CT molecular complexity index is 2650. The molecule has 5 aromatic rings. The zero-order valence-corrected chi connectivity index (χ0v) is 41.6. The number of rotatable bonds is 10. The van der Waals surface area contributed by atoms with E-state index in [-0.39, 0.29) is 37.4 Å². The van der Waals surface area contributed by atoms with Gasteiger partial charge in [0.05, 0.1) is 29.9 Å². The number of hydrazine groups is 1. The Morgan fingerprint density at radius 3 is 2.43 bits per heavy atom. The van der Waals surface area contributed by atoms with Crippen molar-refractivity contribution in [3.63, 3.8) is 0 Å². The average molecular weight is 939 g/mol. The molecule has 3 aromatic carbocycles. The van der Waals surface area contributed by atoms with Crippen LogP contribution in [0.2, 0.25) is 0 Å². The molecule has 3 amide bonds. The van der Waals surface area contributed by atoms with Gasteiger partial charge >= 0.3 is 12.1 Å². The largest absolute Gasteiger partial charge is 0.464 e. The first-order valence-electron chi connectivity index (χ1n) is 24.8. The number of esters is 1. The lowest BCUT2D eigenvalue weighted by Crippen LogP contribution is -2.62. The van der Waals surface area contributed by atoms with Crippen LogP contribution in [0.3, 0.4) is 0 Å². The molecule has 3 aliphatic heterocycles. The normalized spacial score (nSPS) is 19.3. The minimum atomic E-state index is -1.04. The number of cyclic esters (lactones) is 1. The molecule has 6 bridgehead atoms. The maximum Gasteiger partial charge on any atom is 0.410 e. The highest BCUT2D eigenvalue weighted by atomic mass is 16.6. The maximum absolute atomic E-state index is 14.7. The first-order chi connectivity index (χ1) is 33.1. The Balaban J connectivity index is 1.20. The molecule has 366 valence electrons. The number of carbonyl (C=O) groups excluding carboxylic acids is 4. The highest BCUT2D eigenvalue weighted by Crippen LogP contribution is 2.43. The Kier molecular flexibility index (Phi) is 15.1. The minimum Gasteiger partial charge on any atom is -0.464 e. The van der Waals surface area contributed by atoms with Crippen LogP contribution in [0.1, 0.15) is 89.6 Å². The molecule has 0 aliphatic carbocycles. The van der Waals surface area contributed by atoms with Crippen LogP contribution >= 0.6 is 0 Å². The molecule has 8 rings (SSSR count). The second kappa shape index (κ2) is 21.2. The Hall–Kier alpha value is -6.25. The van der Waals surface area contributed by atoms with Gasteiger partial charge in [0.2, 0.25) is 5.91 Å². The summed E-state index contributed by atoms with van der Waals surface area (Å²) < 4.78 is 14.2. The van der Waals surface area contributed by atoms with Gasteiger partial charge in [0.15, 0.2) is 0 Å². The predicted octanol–water partition coefficient (Wildman–Crippen LogP) is 7.86. The van der Waals surface area contributed by atoms with E-state index in [0.29, 0.717) is 25.8 Å². The van der Waals surface area contributed by atoms with Gasteiger partial charge in [0.1, 0.15) is 24.7 Å². The molecule has 14 heteroatoms. The number of fused-ring (bicyclic) bond motifs is 6. The summed E-state index contributed by atoms with van der Waals surface area (Å²) >= 11 is 0. The second-order valence-corrected chi connectivity index (χ2v) is 20.4. The van der Waals surface area contributed by atoms with E-state index < -0.39 is 41.5 Å². The number of likely N-dealkylation sites (N-methyl/N-ethyl adjacent to an activating group) is 1. The van der Waals surface area contributed by atoms with Crippen LogP contribution in [0.15, 0.2) is 85.1 Å². The molecule has 69 heavy (non-hydrogen) atoms. The smallest absolute Gasteiger partial charge is 0.410 e. The van der Waals surface area contributed by atoms with Crippen LogP contribution in [-0.4, -0.2) is 108 Å². The molecule has 2 fully saturated rings. The third kappa shape index (κ3) is 11.0. The molecule has 2 saturated heterocycles. The lowest BCUT2D eigenvalue weighted by Gasteiger charge is -2.36.